The predicted molar refractivity (Wildman–Crippen MR) is 114 cm³/mol. The van der Waals surface area contributed by atoms with Gasteiger partial charge in [-0.3, -0.25) is 9.48 Å². The molecule has 1 fully saturated rings. The van der Waals surface area contributed by atoms with Gasteiger partial charge in [0.2, 0.25) is 0 Å². The van der Waals surface area contributed by atoms with Crippen LogP contribution in [0.25, 0.3) is 10.6 Å². The number of benzene rings is 1. The molecule has 3 N–H and O–H groups in total. The van der Waals surface area contributed by atoms with Crippen molar-refractivity contribution in [2.75, 3.05) is 29.0 Å². The van der Waals surface area contributed by atoms with E-state index in [-0.39, 0.29) is 21.3 Å². The molecule has 10 heteroatoms. The van der Waals surface area contributed by atoms with Gasteiger partial charge in [-0.15, -0.1) is 0 Å². The normalized spacial score (nSPS) is 14.6. The molecule has 0 saturated carbocycles. The van der Waals surface area contributed by atoms with Crippen LogP contribution in [0.1, 0.15) is 36.2 Å². The maximum Gasteiger partial charge on any atom is 0.277 e. The van der Waals surface area contributed by atoms with Gasteiger partial charge in [0.25, 0.3) is 5.91 Å². The van der Waals surface area contributed by atoms with Crippen molar-refractivity contribution in [3.05, 3.63) is 41.7 Å². The molecule has 4 rings (SSSR count). The van der Waals surface area contributed by atoms with Crippen LogP contribution in [0.2, 0.25) is 0 Å². The summed E-state index contributed by atoms with van der Waals surface area (Å²) in [6.45, 7) is 1.79. The van der Waals surface area contributed by atoms with Gasteiger partial charge < -0.3 is 16.0 Å². The molecule has 3 aromatic rings. The number of nitrogens with zero attached hydrogens (tertiary/aromatic N) is 4. The lowest BCUT2D eigenvalue weighted by Crippen LogP contribution is -2.27. The Morgan fingerprint density at radius 3 is 2.67 bits per heavy atom. The lowest BCUT2D eigenvalue weighted by Gasteiger charge is -2.23. The van der Waals surface area contributed by atoms with Gasteiger partial charge in [-0.2, -0.15) is 5.10 Å². The van der Waals surface area contributed by atoms with Crippen LogP contribution in [0.4, 0.5) is 25.3 Å². The number of nitrogens with one attached hydrogen (secondary N) is 1. The van der Waals surface area contributed by atoms with Gasteiger partial charge in [0, 0.05) is 25.7 Å². The number of carbonyl (C=O) groups is 1. The zero-order valence-corrected chi connectivity index (χ0v) is 17.3. The van der Waals surface area contributed by atoms with E-state index in [1.165, 1.54) is 12.8 Å². The van der Waals surface area contributed by atoms with E-state index < -0.39 is 17.5 Å². The third-order valence-corrected chi connectivity index (χ3v) is 6.01. The minimum Gasteiger partial charge on any atom is -0.389 e. The number of nitrogen functional groups attached to an aromatic ring is 1. The number of halogens is 2. The summed E-state index contributed by atoms with van der Waals surface area (Å²) in [5, 5.41) is 7.39. The van der Waals surface area contributed by atoms with Crippen molar-refractivity contribution in [2.24, 2.45) is 7.05 Å². The highest BCUT2D eigenvalue weighted by Crippen LogP contribution is 2.33. The molecule has 1 aromatic carbocycles. The van der Waals surface area contributed by atoms with E-state index in [0.29, 0.717) is 5.69 Å². The van der Waals surface area contributed by atoms with Crippen molar-refractivity contribution in [1.82, 2.24) is 14.8 Å². The molecule has 0 bridgehead atoms. The van der Waals surface area contributed by atoms with Crippen LogP contribution in [0.15, 0.2) is 24.4 Å². The zero-order valence-electron chi connectivity index (χ0n) is 16.5. The quantitative estimate of drug-likeness (QED) is 0.650. The third-order valence-electron chi connectivity index (χ3n) is 5.09. The van der Waals surface area contributed by atoms with Crippen molar-refractivity contribution in [1.29, 1.82) is 0 Å². The van der Waals surface area contributed by atoms with Gasteiger partial charge in [0.15, 0.2) is 11.5 Å². The minimum absolute atomic E-state index is 0.0238. The fourth-order valence-corrected chi connectivity index (χ4v) is 4.48. The summed E-state index contributed by atoms with van der Waals surface area (Å²) in [6.07, 6.45) is 6.13. The highest BCUT2D eigenvalue weighted by Gasteiger charge is 2.23. The zero-order chi connectivity index (χ0) is 21.3. The second-order valence-corrected chi connectivity index (χ2v) is 8.25. The standard InChI is InChI=1S/C20H22F2N6OS/c1-27-20(28-8-4-2-3-5-9-28)15(11-24-27)25-18(29)16-17(23)30-19(26-16)13-10-12(21)6-7-14(13)22/h6-7,10-11H,2-5,8-9,23H2,1H3,(H,25,29). The van der Waals surface area contributed by atoms with Crippen LogP contribution >= 0.6 is 11.3 Å². The fourth-order valence-electron chi connectivity index (χ4n) is 3.63. The Kier molecular flexibility index (Phi) is 5.67. The average molecular weight is 433 g/mol. The molecule has 1 aliphatic heterocycles. The Hall–Kier alpha value is -3.01. The van der Waals surface area contributed by atoms with Crippen molar-refractivity contribution in [2.45, 2.75) is 25.7 Å². The number of rotatable bonds is 4. The van der Waals surface area contributed by atoms with Crippen molar-refractivity contribution < 1.29 is 13.6 Å². The number of carbonyl (C=O) groups excluding carboxylic acids is 1. The van der Waals surface area contributed by atoms with Gasteiger partial charge in [-0.1, -0.05) is 24.2 Å². The van der Waals surface area contributed by atoms with E-state index in [4.69, 9.17) is 5.73 Å². The molecule has 30 heavy (non-hydrogen) atoms. The van der Waals surface area contributed by atoms with Crippen LogP contribution in [0, 0.1) is 11.6 Å². The molecule has 0 radical (unpaired) electrons. The number of hydrogen-bond donors (Lipinski definition) is 2. The number of nitrogens with two attached hydrogens (primary N) is 1. The van der Waals surface area contributed by atoms with E-state index in [2.05, 4.69) is 20.3 Å². The Bertz CT molecular complexity index is 1070. The first-order valence-electron chi connectivity index (χ1n) is 9.74. The number of amides is 1. The molecule has 1 amide bonds. The van der Waals surface area contributed by atoms with Crippen LogP contribution in [0.3, 0.4) is 0 Å². The molecular weight excluding hydrogens is 410 g/mol. The molecular formula is C20H22F2N6OS. The van der Waals surface area contributed by atoms with Gasteiger partial charge in [0.1, 0.15) is 27.3 Å². The van der Waals surface area contributed by atoms with Crippen LogP contribution in [0.5, 0.6) is 0 Å². The third kappa shape index (κ3) is 4.00. The van der Waals surface area contributed by atoms with Crippen LogP contribution < -0.4 is 16.0 Å². The smallest absolute Gasteiger partial charge is 0.277 e. The Labute approximate surface area is 176 Å². The molecule has 1 aliphatic rings. The van der Waals surface area contributed by atoms with E-state index in [1.807, 2.05) is 7.05 Å². The summed E-state index contributed by atoms with van der Waals surface area (Å²) in [5.74, 6) is -0.914. The summed E-state index contributed by atoms with van der Waals surface area (Å²) >= 11 is 0.937. The van der Waals surface area contributed by atoms with Gasteiger partial charge in [-0.25, -0.2) is 13.8 Å². The van der Waals surface area contributed by atoms with Gasteiger partial charge >= 0.3 is 0 Å². The molecule has 0 atom stereocenters. The molecule has 7 nitrogen and oxygen atoms in total. The molecule has 3 heterocycles. The summed E-state index contributed by atoms with van der Waals surface area (Å²) < 4.78 is 29.3. The Balaban J connectivity index is 1.60. The molecule has 0 spiro atoms. The van der Waals surface area contributed by atoms with Gasteiger partial charge in [-0.05, 0) is 31.0 Å². The first-order chi connectivity index (χ1) is 14.4. The lowest BCUT2D eigenvalue weighted by atomic mass is 10.2. The Morgan fingerprint density at radius 1 is 1.20 bits per heavy atom. The molecule has 158 valence electrons. The second-order valence-electron chi connectivity index (χ2n) is 7.22. The highest BCUT2D eigenvalue weighted by molar-refractivity contribution is 7.19. The summed E-state index contributed by atoms with van der Waals surface area (Å²) in [6, 6.07) is 3.08. The van der Waals surface area contributed by atoms with Crippen molar-refractivity contribution in [3.63, 3.8) is 0 Å². The van der Waals surface area contributed by atoms with E-state index in [0.717, 1.165) is 61.3 Å². The lowest BCUT2D eigenvalue weighted by molar-refractivity contribution is 0.102. The topological polar surface area (TPSA) is 89.1 Å². The van der Waals surface area contributed by atoms with Gasteiger partial charge in [0.05, 0.1) is 6.20 Å². The first kappa shape index (κ1) is 20.3. The van der Waals surface area contributed by atoms with Crippen LogP contribution in [-0.4, -0.2) is 33.8 Å². The first-order valence-corrected chi connectivity index (χ1v) is 10.6. The molecule has 2 aromatic heterocycles. The van der Waals surface area contributed by atoms with Crippen molar-refractivity contribution in [3.8, 4) is 10.6 Å². The summed E-state index contributed by atoms with van der Waals surface area (Å²) in [7, 11) is 1.83. The second kappa shape index (κ2) is 8.39. The number of aryl methyl sites for hydroxylation is 1. The highest BCUT2D eigenvalue weighted by atomic mass is 32.1. The van der Waals surface area contributed by atoms with E-state index in [9.17, 15) is 13.6 Å². The summed E-state index contributed by atoms with van der Waals surface area (Å²) in [4.78, 5) is 19.3. The fraction of sp³-hybridized carbons (Fsp3) is 0.350. The number of aromatic nitrogens is 3. The van der Waals surface area contributed by atoms with Crippen molar-refractivity contribution >= 4 is 33.8 Å². The maximum absolute atomic E-state index is 14.1. The minimum atomic E-state index is -0.632. The predicted octanol–water partition coefficient (Wildman–Crippen LogP) is 4.04. The largest absolute Gasteiger partial charge is 0.389 e. The molecule has 0 unspecified atom stereocenters. The molecule has 1 saturated heterocycles. The number of anilines is 3. The SMILES string of the molecule is Cn1ncc(NC(=O)c2nc(-c3cc(F)ccc3F)sc2N)c1N1CCCCCC1. The number of thiazole rings is 1. The van der Waals surface area contributed by atoms with E-state index >= 15 is 0 Å². The molecule has 0 aliphatic carbocycles. The maximum atomic E-state index is 14.1. The Morgan fingerprint density at radius 2 is 1.93 bits per heavy atom. The van der Waals surface area contributed by atoms with E-state index in [1.54, 1.807) is 10.9 Å². The average Bonchev–Trinajstić information content (AvgIpc) is 3.15. The van der Waals surface area contributed by atoms with Crippen LogP contribution in [-0.2, 0) is 7.05 Å². The summed E-state index contributed by atoms with van der Waals surface area (Å²) in [5.41, 5.74) is 6.49. The monoisotopic (exact) mass is 432 g/mol. The number of hydrogen-bond acceptors (Lipinski definition) is 6.